The van der Waals surface area contributed by atoms with E-state index in [1.807, 2.05) is 38.1 Å². The van der Waals surface area contributed by atoms with Gasteiger partial charge in [-0.1, -0.05) is 35.6 Å². The Morgan fingerprint density at radius 1 is 1.21 bits per heavy atom. The van der Waals surface area contributed by atoms with Gasteiger partial charge in [0.05, 0.1) is 22.9 Å². The minimum atomic E-state index is -0.613. The predicted octanol–water partition coefficient (Wildman–Crippen LogP) is 5.44. The number of benzene rings is 2. The van der Waals surface area contributed by atoms with Crippen molar-refractivity contribution in [3.63, 3.8) is 0 Å². The van der Waals surface area contributed by atoms with Crippen molar-refractivity contribution in [2.75, 3.05) is 11.9 Å². The van der Waals surface area contributed by atoms with Crippen LogP contribution in [0.4, 0.5) is 9.52 Å². The lowest BCUT2D eigenvalue weighted by Crippen LogP contribution is -2.22. The molecule has 0 saturated carbocycles. The summed E-state index contributed by atoms with van der Waals surface area (Å²) in [6.07, 6.45) is 2.06. The zero-order chi connectivity index (χ0) is 23.0. The molecule has 2 aromatic carbocycles. The lowest BCUT2D eigenvalue weighted by atomic mass is 10.1. The molecule has 1 N–H and O–H groups in total. The van der Waals surface area contributed by atoms with Crippen LogP contribution in [0.3, 0.4) is 0 Å². The minimum absolute atomic E-state index is 0.125. The molecule has 0 unspecified atom stereocenters. The molecule has 1 amide bonds. The molecule has 1 aliphatic heterocycles. The quantitative estimate of drug-likeness (QED) is 0.426. The van der Waals surface area contributed by atoms with Crippen LogP contribution in [0.15, 0.2) is 60.8 Å². The first-order valence-corrected chi connectivity index (χ1v) is 11.4. The van der Waals surface area contributed by atoms with Gasteiger partial charge in [-0.3, -0.25) is 15.1 Å². The Kier molecular flexibility index (Phi) is 5.65. The van der Waals surface area contributed by atoms with Crippen molar-refractivity contribution in [3.8, 4) is 11.3 Å². The average Bonchev–Trinajstić information content (AvgIpc) is 3.35. The molecular formula is C25H22FN3O3S. The molecule has 1 atom stereocenters. The summed E-state index contributed by atoms with van der Waals surface area (Å²) in [5, 5.41) is 3.36. The molecule has 1 aliphatic rings. The number of para-hydroxylation sites is 1. The van der Waals surface area contributed by atoms with Crippen LogP contribution in [-0.2, 0) is 15.9 Å². The first-order chi connectivity index (χ1) is 15.9. The highest BCUT2D eigenvalue weighted by Gasteiger charge is 2.32. The Morgan fingerprint density at radius 3 is 2.70 bits per heavy atom. The van der Waals surface area contributed by atoms with Crippen LogP contribution >= 0.6 is 11.3 Å². The molecule has 2 aromatic heterocycles. The second-order valence-electron chi connectivity index (χ2n) is 8.35. The first kappa shape index (κ1) is 21.6. The Labute approximate surface area is 194 Å². The highest BCUT2D eigenvalue weighted by molar-refractivity contribution is 7.22. The third-order valence-corrected chi connectivity index (χ3v) is 6.32. The first-order valence-electron chi connectivity index (χ1n) is 10.6. The van der Waals surface area contributed by atoms with Gasteiger partial charge < -0.3 is 9.47 Å². The summed E-state index contributed by atoms with van der Waals surface area (Å²) in [5.41, 5.74) is 2.87. The van der Waals surface area contributed by atoms with Gasteiger partial charge in [0.25, 0.3) is 5.91 Å². The van der Waals surface area contributed by atoms with Crippen LogP contribution in [-0.4, -0.2) is 34.4 Å². The van der Waals surface area contributed by atoms with E-state index >= 15 is 0 Å². The third-order valence-electron chi connectivity index (χ3n) is 5.36. The van der Waals surface area contributed by atoms with E-state index in [-0.39, 0.29) is 17.7 Å². The van der Waals surface area contributed by atoms with E-state index in [1.54, 1.807) is 30.5 Å². The zero-order valence-electron chi connectivity index (χ0n) is 18.2. The Balaban J connectivity index is 1.27. The molecule has 168 valence electrons. The number of halogens is 1. The van der Waals surface area contributed by atoms with Crippen LogP contribution in [0, 0.1) is 5.82 Å². The lowest BCUT2D eigenvalue weighted by Gasteiger charge is -2.17. The number of aromatic nitrogens is 2. The van der Waals surface area contributed by atoms with Gasteiger partial charge in [-0.15, -0.1) is 0 Å². The van der Waals surface area contributed by atoms with Crippen molar-refractivity contribution in [2.24, 2.45) is 0 Å². The number of carbonyl (C=O) groups is 1. The standard InChI is InChI=1S/C25H22FN3O3S/c1-25(2)31-14-18(32-25)11-15-12-19(26)22(27-13-15)16-7-9-17(10-8-16)23(30)29-24-28-20-5-3-4-6-21(20)33-24/h3-10,12-13,18H,11,14H2,1-2H3,(H,28,29,30)/t18-/m1/s1. The van der Waals surface area contributed by atoms with Crippen molar-refractivity contribution < 1.29 is 18.7 Å². The molecule has 6 nitrogen and oxygen atoms in total. The van der Waals surface area contributed by atoms with E-state index < -0.39 is 11.6 Å². The lowest BCUT2D eigenvalue weighted by molar-refractivity contribution is -0.138. The molecule has 4 aromatic rings. The fourth-order valence-corrected chi connectivity index (χ4v) is 4.66. The molecule has 1 fully saturated rings. The topological polar surface area (TPSA) is 73.3 Å². The maximum atomic E-state index is 14.8. The molecule has 0 aliphatic carbocycles. The third kappa shape index (κ3) is 4.78. The van der Waals surface area contributed by atoms with Crippen LogP contribution in [0.1, 0.15) is 29.8 Å². The summed E-state index contributed by atoms with van der Waals surface area (Å²) in [5.74, 6) is -1.30. The Bertz CT molecular complexity index is 1290. The minimum Gasteiger partial charge on any atom is -0.348 e. The average molecular weight is 464 g/mol. The largest absolute Gasteiger partial charge is 0.348 e. The van der Waals surface area contributed by atoms with Crippen molar-refractivity contribution >= 4 is 32.6 Å². The number of hydrogen-bond acceptors (Lipinski definition) is 6. The summed E-state index contributed by atoms with van der Waals surface area (Å²) in [6, 6.07) is 15.9. The van der Waals surface area contributed by atoms with Gasteiger partial charge in [-0.2, -0.15) is 0 Å². The maximum Gasteiger partial charge on any atom is 0.257 e. The van der Waals surface area contributed by atoms with Crippen LogP contribution in [0.2, 0.25) is 0 Å². The van der Waals surface area contributed by atoms with Crippen LogP contribution in [0.25, 0.3) is 21.5 Å². The number of rotatable bonds is 5. The van der Waals surface area contributed by atoms with Crippen molar-refractivity contribution in [3.05, 3.63) is 77.7 Å². The number of carbonyl (C=O) groups excluding carboxylic acids is 1. The van der Waals surface area contributed by atoms with Crippen molar-refractivity contribution in [1.29, 1.82) is 0 Å². The van der Waals surface area contributed by atoms with Crippen LogP contribution in [0.5, 0.6) is 0 Å². The van der Waals surface area contributed by atoms with Gasteiger partial charge >= 0.3 is 0 Å². The number of anilines is 1. The van der Waals surface area contributed by atoms with Crippen molar-refractivity contribution in [1.82, 2.24) is 9.97 Å². The summed E-state index contributed by atoms with van der Waals surface area (Å²) in [7, 11) is 0. The number of thiazole rings is 1. The van der Waals surface area contributed by atoms with Gasteiger partial charge in [0.2, 0.25) is 0 Å². The van der Waals surface area contributed by atoms with E-state index in [1.165, 1.54) is 17.4 Å². The van der Waals surface area contributed by atoms with Gasteiger partial charge in [-0.25, -0.2) is 9.37 Å². The second kappa shape index (κ2) is 8.62. The fourth-order valence-electron chi connectivity index (χ4n) is 3.80. The van der Waals surface area contributed by atoms with E-state index in [0.717, 1.165) is 15.8 Å². The number of amides is 1. The molecule has 1 saturated heterocycles. The SMILES string of the molecule is CC1(C)OC[C@@H](Cc2cnc(-c3ccc(C(=O)Nc4nc5ccccc5s4)cc3)c(F)c2)O1. The molecule has 3 heterocycles. The molecule has 0 bridgehead atoms. The highest BCUT2D eigenvalue weighted by Crippen LogP contribution is 2.28. The monoisotopic (exact) mass is 463 g/mol. The summed E-state index contributed by atoms with van der Waals surface area (Å²) >= 11 is 1.42. The normalized spacial score (nSPS) is 17.4. The number of pyridine rings is 1. The molecular weight excluding hydrogens is 441 g/mol. The number of nitrogens with zero attached hydrogens (tertiary/aromatic N) is 2. The summed E-state index contributed by atoms with van der Waals surface area (Å²) in [6.45, 7) is 4.19. The number of ether oxygens (including phenoxy) is 2. The molecule has 0 spiro atoms. The van der Waals surface area contributed by atoms with E-state index in [2.05, 4.69) is 15.3 Å². The Morgan fingerprint density at radius 2 is 2.00 bits per heavy atom. The molecule has 0 radical (unpaired) electrons. The second-order valence-corrected chi connectivity index (χ2v) is 9.38. The fraction of sp³-hybridized carbons (Fsp3) is 0.240. The number of fused-ring (bicyclic) bond motifs is 1. The van der Waals surface area contributed by atoms with Gasteiger partial charge in [0, 0.05) is 23.7 Å². The molecule has 33 heavy (non-hydrogen) atoms. The number of hydrogen-bond donors (Lipinski definition) is 1. The van der Waals surface area contributed by atoms with E-state index in [0.29, 0.717) is 29.3 Å². The van der Waals surface area contributed by atoms with E-state index in [4.69, 9.17) is 9.47 Å². The van der Waals surface area contributed by atoms with E-state index in [9.17, 15) is 9.18 Å². The molecule has 8 heteroatoms. The summed E-state index contributed by atoms with van der Waals surface area (Å²) in [4.78, 5) is 21.3. The van der Waals surface area contributed by atoms with Gasteiger partial charge in [-0.05, 0) is 49.7 Å². The smallest absolute Gasteiger partial charge is 0.257 e. The number of nitrogens with one attached hydrogen (secondary N) is 1. The predicted molar refractivity (Wildman–Crippen MR) is 126 cm³/mol. The molecule has 5 rings (SSSR count). The van der Waals surface area contributed by atoms with Crippen LogP contribution < -0.4 is 5.32 Å². The summed E-state index contributed by atoms with van der Waals surface area (Å²) < 4.78 is 27.1. The van der Waals surface area contributed by atoms with Gasteiger partial charge in [0.1, 0.15) is 11.5 Å². The zero-order valence-corrected chi connectivity index (χ0v) is 19.0. The van der Waals surface area contributed by atoms with Crippen molar-refractivity contribution in [2.45, 2.75) is 32.2 Å². The Hall–Kier alpha value is -3.20. The van der Waals surface area contributed by atoms with Gasteiger partial charge in [0.15, 0.2) is 10.9 Å². The highest BCUT2D eigenvalue weighted by atomic mass is 32.1. The maximum absolute atomic E-state index is 14.8.